The first-order chi connectivity index (χ1) is 9.69. The highest BCUT2D eigenvalue weighted by Crippen LogP contribution is 2.35. The van der Waals surface area contributed by atoms with Crippen molar-refractivity contribution in [2.75, 3.05) is 38.6 Å². The number of anilines is 1. The highest BCUT2D eigenvalue weighted by Gasteiger charge is 2.39. The van der Waals surface area contributed by atoms with Gasteiger partial charge in [-0.3, -0.25) is 0 Å². The van der Waals surface area contributed by atoms with Gasteiger partial charge in [0, 0.05) is 37.3 Å². The Labute approximate surface area is 147 Å². The van der Waals surface area contributed by atoms with Crippen LogP contribution in [0.3, 0.4) is 0 Å². The Morgan fingerprint density at radius 3 is 2.55 bits per heavy atom. The first kappa shape index (κ1) is 19.7. The van der Waals surface area contributed by atoms with Gasteiger partial charge in [0.15, 0.2) is 0 Å². The second kappa shape index (κ2) is 7.05. The van der Waals surface area contributed by atoms with Crippen LogP contribution >= 0.6 is 28.3 Å². The quantitative estimate of drug-likeness (QED) is 0.824. The first-order valence-electron chi connectivity index (χ1n) is 6.87. The number of halogens is 2. The van der Waals surface area contributed by atoms with Gasteiger partial charge in [0.2, 0.25) is 10.0 Å². The largest absolute Gasteiger partial charge is 0.378 e. The standard InChI is InChI=1S/C14H22BrN3O2S.ClH/c1-14(9-16)6-7-18(10-14)21(19,20)13-8-11(17(2)3)4-5-12(13)15;/h4-5,8H,6-7,9-10,16H2,1-3H3;1H. The van der Waals surface area contributed by atoms with Crippen molar-refractivity contribution in [3.63, 3.8) is 0 Å². The van der Waals surface area contributed by atoms with Crippen LogP contribution in [0.15, 0.2) is 27.6 Å². The van der Waals surface area contributed by atoms with Crippen LogP contribution in [0.1, 0.15) is 13.3 Å². The minimum absolute atomic E-state index is 0. The van der Waals surface area contributed by atoms with E-state index in [1.54, 1.807) is 16.4 Å². The molecule has 1 aliphatic rings. The Bertz CT molecular complexity index is 639. The average molecular weight is 413 g/mol. The lowest BCUT2D eigenvalue weighted by Gasteiger charge is -2.23. The van der Waals surface area contributed by atoms with Gasteiger partial charge in [-0.25, -0.2) is 8.42 Å². The summed E-state index contributed by atoms with van der Waals surface area (Å²) in [5.74, 6) is 0. The van der Waals surface area contributed by atoms with Crippen molar-refractivity contribution in [3.8, 4) is 0 Å². The third-order valence-corrected chi connectivity index (χ3v) is 6.90. The molecule has 2 rings (SSSR count). The summed E-state index contributed by atoms with van der Waals surface area (Å²) >= 11 is 3.36. The molecule has 1 unspecified atom stereocenters. The molecule has 8 heteroatoms. The number of nitrogens with zero attached hydrogens (tertiary/aromatic N) is 2. The fourth-order valence-electron chi connectivity index (χ4n) is 2.46. The van der Waals surface area contributed by atoms with E-state index in [-0.39, 0.29) is 17.8 Å². The van der Waals surface area contributed by atoms with Gasteiger partial charge < -0.3 is 10.6 Å². The molecule has 0 bridgehead atoms. The normalized spacial score (nSPS) is 22.4. The van der Waals surface area contributed by atoms with Crippen LogP contribution in [0.5, 0.6) is 0 Å². The molecular formula is C14H23BrClN3O2S. The summed E-state index contributed by atoms with van der Waals surface area (Å²) in [6.07, 6.45) is 0.799. The minimum atomic E-state index is -3.50. The fourth-order valence-corrected chi connectivity index (χ4v) is 4.99. The highest BCUT2D eigenvalue weighted by molar-refractivity contribution is 9.10. The number of benzene rings is 1. The molecule has 5 nitrogen and oxygen atoms in total. The molecule has 1 fully saturated rings. The lowest BCUT2D eigenvalue weighted by molar-refractivity contribution is 0.349. The predicted octanol–water partition coefficient (Wildman–Crippen LogP) is 2.30. The van der Waals surface area contributed by atoms with Crippen LogP contribution in [0.4, 0.5) is 5.69 Å². The zero-order valence-corrected chi connectivity index (χ0v) is 16.3. The molecule has 0 aromatic heterocycles. The third kappa shape index (κ3) is 3.76. The Balaban J connectivity index is 0.00000242. The lowest BCUT2D eigenvalue weighted by Crippen LogP contribution is -2.34. The van der Waals surface area contributed by atoms with Gasteiger partial charge in [-0.2, -0.15) is 4.31 Å². The number of sulfonamides is 1. The molecule has 0 amide bonds. The molecule has 0 aliphatic carbocycles. The van der Waals surface area contributed by atoms with Crippen molar-refractivity contribution >= 4 is 44.0 Å². The molecule has 22 heavy (non-hydrogen) atoms. The van der Waals surface area contributed by atoms with Crippen molar-refractivity contribution in [3.05, 3.63) is 22.7 Å². The van der Waals surface area contributed by atoms with E-state index in [2.05, 4.69) is 15.9 Å². The Kier molecular flexibility index (Phi) is 6.31. The van der Waals surface area contributed by atoms with Crippen LogP contribution in [-0.4, -0.2) is 46.5 Å². The van der Waals surface area contributed by atoms with Gasteiger partial charge in [0.1, 0.15) is 0 Å². The highest BCUT2D eigenvalue weighted by atomic mass is 79.9. The molecule has 1 atom stereocenters. The molecule has 0 saturated carbocycles. The van der Waals surface area contributed by atoms with E-state index in [9.17, 15) is 8.42 Å². The Morgan fingerprint density at radius 2 is 2.05 bits per heavy atom. The van der Waals surface area contributed by atoms with E-state index in [0.717, 1.165) is 12.1 Å². The van der Waals surface area contributed by atoms with Crippen LogP contribution in [-0.2, 0) is 10.0 Å². The maximum Gasteiger partial charge on any atom is 0.244 e. The number of nitrogens with two attached hydrogens (primary N) is 1. The van der Waals surface area contributed by atoms with Crippen molar-refractivity contribution in [1.29, 1.82) is 0 Å². The van der Waals surface area contributed by atoms with E-state index in [1.807, 2.05) is 32.0 Å². The average Bonchev–Trinajstić information content (AvgIpc) is 2.83. The minimum Gasteiger partial charge on any atom is -0.378 e. The molecule has 2 N–H and O–H groups in total. The predicted molar refractivity (Wildman–Crippen MR) is 96.3 cm³/mol. The second-order valence-electron chi connectivity index (χ2n) is 6.11. The second-order valence-corrected chi connectivity index (χ2v) is 8.87. The number of hydrogen-bond donors (Lipinski definition) is 1. The van der Waals surface area contributed by atoms with E-state index < -0.39 is 10.0 Å². The summed E-state index contributed by atoms with van der Waals surface area (Å²) in [5.41, 5.74) is 6.50. The SMILES string of the molecule is CN(C)c1ccc(Br)c(S(=O)(=O)N2CCC(C)(CN)C2)c1.Cl. The third-order valence-electron chi connectivity index (χ3n) is 4.06. The summed E-state index contributed by atoms with van der Waals surface area (Å²) in [6.45, 7) is 3.53. The fraction of sp³-hybridized carbons (Fsp3) is 0.571. The molecule has 1 heterocycles. The lowest BCUT2D eigenvalue weighted by atomic mass is 9.90. The van der Waals surface area contributed by atoms with Crippen molar-refractivity contribution < 1.29 is 8.42 Å². The summed E-state index contributed by atoms with van der Waals surface area (Å²) in [6, 6.07) is 5.37. The van der Waals surface area contributed by atoms with Crippen LogP contribution in [0.2, 0.25) is 0 Å². The topological polar surface area (TPSA) is 66.6 Å². The maximum absolute atomic E-state index is 12.9. The maximum atomic E-state index is 12.9. The molecule has 1 aliphatic heterocycles. The van der Waals surface area contributed by atoms with Crippen LogP contribution in [0.25, 0.3) is 0 Å². The van der Waals surface area contributed by atoms with Gasteiger partial charge >= 0.3 is 0 Å². The van der Waals surface area contributed by atoms with Gasteiger partial charge in [-0.15, -0.1) is 12.4 Å². The van der Waals surface area contributed by atoms with Crippen molar-refractivity contribution in [2.45, 2.75) is 18.2 Å². The number of hydrogen-bond acceptors (Lipinski definition) is 4. The van der Waals surface area contributed by atoms with Crippen LogP contribution in [0, 0.1) is 5.41 Å². The Hall–Kier alpha value is -0.340. The van der Waals surface area contributed by atoms with E-state index in [1.165, 1.54) is 0 Å². The zero-order chi connectivity index (χ0) is 15.8. The molecule has 1 aromatic rings. The Morgan fingerprint density at radius 1 is 1.41 bits per heavy atom. The molecule has 0 spiro atoms. The van der Waals surface area contributed by atoms with E-state index in [0.29, 0.717) is 29.0 Å². The molecule has 126 valence electrons. The van der Waals surface area contributed by atoms with E-state index in [4.69, 9.17) is 5.73 Å². The number of rotatable bonds is 4. The summed E-state index contributed by atoms with van der Waals surface area (Å²) in [4.78, 5) is 2.20. The van der Waals surface area contributed by atoms with Gasteiger partial charge in [-0.1, -0.05) is 6.92 Å². The summed E-state index contributed by atoms with van der Waals surface area (Å²) in [5, 5.41) is 0. The van der Waals surface area contributed by atoms with Crippen molar-refractivity contribution in [2.24, 2.45) is 11.1 Å². The van der Waals surface area contributed by atoms with Gasteiger partial charge in [0.05, 0.1) is 4.90 Å². The first-order valence-corrected chi connectivity index (χ1v) is 9.10. The van der Waals surface area contributed by atoms with Crippen LogP contribution < -0.4 is 10.6 Å². The summed E-state index contributed by atoms with van der Waals surface area (Å²) < 4.78 is 27.9. The molecule has 1 aromatic carbocycles. The summed E-state index contributed by atoms with van der Waals surface area (Å²) in [7, 11) is 0.277. The molecule has 0 radical (unpaired) electrons. The molecular weight excluding hydrogens is 390 g/mol. The zero-order valence-electron chi connectivity index (χ0n) is 13.0. The van der Waals surface area contributed by atoms with E-state index >= 15 is 0 Å². The van der Waals surface area contributed by atoms with Gasteiger partial charge in [0.25, 0.3) is 0 Å². The molecule has 1 saturated heterocycles. The monoisotopic (exact) mass is 411 g/mol. The smallest absolute Gasteiger partial charge is 0.244 e. The van der Waals surface area contributed by atoms with Crippen molar-refractivity contribution in [1.82, 2.24) is 4.31 Å². The van der Waals surface area contributed by atoms with Gasteiger partial charge in [-0.05, 0) is 52.5 Å².